The summed E-state index contributed by atoms with van der Waals surface area (Å²) in [5.41, 5.74) is 27.1. The van der Waals surface area contributed by atoms with Crippen molar-refractivity contribution in [1.29, 1.82) is 0 Å². The molecule has 0 amide bonds. The van der Waals surface area contributed by atoms with E-state index in [9.17, 15) is 0 Å². The van der Waals surface area contributed by atoms with Crippen LogP contribution >= 0.6 is 0 Å². The van der Waals surface area contributed by atoms with Crippen molar-refractivity contribution in [3.05, 3.63) is 342 Å². The Morgan fingerprint density at radius 1 is 0.213 bits per heavy atom. The SMILES string of the molecule is c1ccc(-c2ccccc2-c2c(-c3ccccc3)cccc2N(c2ccc3c(c2)C(c2ccccc2)(c2ccccc2)c2ccccc2-3)c2cccc3c2-c2ccccc2C32c3ccccc3-c3ccccc32)cc1. The Labute approximate surface area is 439 Å². The maximum Gasteiger partial charge on any atom is 0.0726 e. The second kappa shape index (κ2) is 17.0. The van der Waals surface area contributed by atoms with Crippen LogP contribution in [0.15, 0.2) is 297 Å². The number of benzene rings is 12. The molecule has 12 aromatic carbocycles. The lowest BCUT2D eigenvalue weighted by Gasteiger charge is -2.36. The molecule has 1 heteroatoms. The van der Waals surface area contributed by atoms with Crippen molar-refractivity contribution in [2.45, 2.75) is 10.8 Å². The van der Waals surface area contributed by atoms with Gasteiger partial charge in [0.1, 0.15) is 0 Å². The minimum absolute atomic E-state index is 0.523. The summed E-state index contributed by atoms with van der Waals surface area (Å²) in [5.74, 6) is 0. The first-order chi connectivity index (χ1) is 37.3. The van der Waals surface area contributed by atoms with Crippen molar-refractivity contribution < 1.29 is 0 Å². The van der Waals surface area contributed by atoms with Gasteiger partial charge in [0, 0.05) is 16.8 Å². The summed E-state index contributed by atoms with van der Waals surface area (Å²) < 4.78 is 0. The molecule has 0 aliphatic heterocycles. The minimum atomic E-state index is -0.600. The van der Waals surface area contributed by atoms with E-state index in [0.717, 1.165) is 22.6 Å². The molecule has 15 rings (SSSR count). The van der Waals surface area contributed by atoms with E-state index in [1.54, 1.807) is 0 Å². The molecule has 0 heterocycles. The van der Waals surface area contributed by atoms with Crippen LogP contribution in [-0.2, 0) is 10.8 Å². The summed E-state index contributed by atoms with van der Waals surface area (Å²) in [7, 11) is 0. The second-order valence-corrected chi connectivity index (χ2v) is 20.2. The molecule has 1 nitrogen and oxygen atoms in total. The first kappa shape index (κ1) is 43.1. The molecule has 0 saturated heterocycles. The van der Waals surface area contributed by atoms with Gasteiger partial charge in [0.15, 0.2) is 0 Å². The van der Waals surface area contributed by atoms with Crippen molar-refractivity contribution in [3.8, 4) is 66.8 Å². The van der Waals surface area contributed by atoms with E-state index >= 15 is 0 Å². The van der Waals surface area contributed by atoms with Gasteiger partial charge in [-0.3, -0.25) is 0 Å². The van der Waals surface area contributed by atoms with E-state index in [1.807, 2.05) is 0 Å². The third kappa shape index (κ3) is 6.13. The number of hydrogen-bond acceptors (Lipinski definition) is 1. The highest BCUT2D eigenvalue weighted by Gasteiger charge is 2.53. The molecule has 0 fully saturated rings. The van der Waals surface area contributed by atoms with Crippen LogP contribution in [0.5, 0.6) is 0 Å². The smallest absolute Gasteiger partial charge is 0.0726 e. The zero-order chi connectivity index (χ0) is 49.5. The van der Waals surface area contributed by atoms with Gasteiger partial charge in [0.2, 0.25) is 0 Å². The number of hydrogen-bond donors (Lipinski definition) is 0. The summed E-state index contributed by atoms with van der Waals surface area (Å²) >= 11 is 0. The fraction of sp³-hybridized carbons (Fsp3) is 0.0270. The maximum absolute atomic E-state index is 2.62. The van der Waals surface area contributed by atoms with Crippen LogP contribution in [0.25, 0.3) is 66.8 Å². The topological polar surface area (TPSA) is 3.24 Å². The third-order valence-electron chi connectivity index (χ3n) is 16.6. The first-order valence-corrected chi connectivity index (χ1v) is 26.2. The average molecular weight is 952 g/mol. The molecule has 350 valence electrons. The highest BCUT2D eigenvalue weighted by Crippen LogP contribution is 2.66. The molecule has 0 atom stereocenters. The van der Waals surface area contributed by atoms with Crippen LogP contribution in [0.3, 0.4) is 0 Å². The summed E-state index contributed by atoms with van der Waals surface area (Å²) in [4.78, 5) is 2.62. The summed E-state index contributed by atoms with van der Waals surface area (Å²) in [6, 6.07) is 111. The lowest BCUT2D eigenvalue weighted by molar-refractivity contribution is 0.768. The van der Waals surface area contributed by atoms with Crippen LogP contribution in [0.4, 0.5) is 17.1 Å². The van der Waals surface area contributed by atoms with Crippen molar-refractivity contribution in [2.75, 3.05) is 4.90 Å². The van der Waals surface area contributed by atoms with Crippen LogP contribution in [0, 0.1) is 0 Å². The zero-order valence-electron chi connectivity index (χ0n) is 41.2. The van der Waals surface area contributed by atoms with Crippen LogP contribution < -0.4 is 4.90 Å². The summed E-state index contributed by atoms with van der Waals surface area (Å²) in [6.07, 6.45) is 0. The van der Waals surface area contributed by atoms with Crippen molar-refractivity contribution in [3.63, 3.8) is 0 Å². The molecular weight excluding hydrogens is 903 g/mol. The highest BCUT2D eigenvalue weighted by molar-refractivity contribution is 6.06. The van der Waals surface area contributed by atoms with E-state index in [4.69, 9.17) is 0 Å². The van der Waals surface area contributed by atoms with Gasteiger partial charge in [-0.2, -0.15) is 0 Å². The Kier molecular flexibility index (Phi) is 9.77. The normalized spacial score (nSPS) is 13.5. The quantitative estimate of drug-likeness (QED) is 0.147. The molecule has 0 saturated carbocycles. The lowest BCUT2D eigenvalue weighted by Crippen LogP contribution is -2.28. The molecular formula is C74H49N. The van der Waals surface area contributed by atoms with Crippen molar-refractivity contribution in [2.24, 2.45) is 0 Å². The van der Waals surface area contributed by atoms with Gasteiger partial charge in [-0.15, -0.1) is 0 Å². The molecule has 1 spiro atoms. The van der Waals surface area contributed by atoms with Gasteiger partial charge in [0.25, 0.3) is 0 Å². The van der Waals surface area contributed by atoms with Gasteiger partial charge in [-0.1, -0.05) is 273 Å². The Morgan fingerprint density at radius 3 is 1.15 bits per heavy atom. The number of nitrogens with zero attached hydrogens (tertiary/aromatic N) is 1. The third-order valence-corrected chi connectivity index (χ3v) is 16.6. The Balaban J connectivity index is 1.09. The number of rotatable bonds is 8. The second-order valence-electron chi connectivity index (χ2n) is 20.2. The van der Waals surface area contributed by atoms with E-state index in [-0.39, 0.29) is 0 Å². The first-order valence-electron chi connectivity index (χ1n) is 26.2. The molecule has 3 aliphatic carbocycles. The molecule has 0 unspecified atom stereocenters. The lowest BCUT2D eigenvalue weighted by atomic mass is 9.67. The van der Waals surface area contributed by atoms with Gasteiger partial charge in [-0.05, 0) is 124 Å². The van der Waals surface area contributed by atoms with Crippen molar-refractivity contribution >= 4 is 17.1 Å². The van der Waals surface area contributed by atoms with Crippen LogP contribution in [0.2, 0.25) is 0 Å². The monoisotopic (exact) mass is 951 g/mol. The van der Waals surface area contributed by atoms with E-state index in [0.29, 0.717) is 0 Å². The number of fused-ring (bicyclic) bond motifs is 13. The Morgan fingerprint density at radius 2 is 0.587 bits per heavy atom. The molecule has 75 heavy (non-hydrogen) atoms. The fourth-order valence-electron chi connectivity index (χ4n) is 13.7. The average Bonchev–Trinajstić information content (AvgIpc) is 4.29. The van der Waals surface area contributed by atoms with Gasteiger partial charge in [-0.25, -0.2) is 0 Å². The van der Waals surface area contributed by atoms with Crippen molar-refractivity contribution in [1.82, 2.24) is 0 Å². The fourth-order valence-corrected chi connectivity index (χ4v) is 13.7. The summed E-state index contributed by atoms with van der Waals surface area (Å²) in [5, 5.41) is 0. The van der Waals surface area contributed by atoms with E-state index in [2.05, 4.69) is 302 Å². The predicted molar refractivity (Wildman–Crippen MR) is 311 cm³/mol. The number of anilines is 3. The molecule has 0 aromatic heterocycles. The molecule has 0 radical (unpaired) electrons. The van der Waals surface area contributed by atoms with Gasteiger partial charge < -0.3 is 4.90 Å². The minimum Gasteiger partial charge on any atom is -0.309 e. The largest absolute Gasteiger partial charge is 0.309 e. The Bertz CT molecular complexity index is 4090. The van der Waals surface area contributed by atoms with E-state index < -0.39 is 10.8 Å². The predicted octanol–water partition coefficient (Wildman–Crippen LogP) is 18.9. The van der Waals surface area contributed by atoms with Crippen LogP contribution in [-0.4, -0.2) is 0 Å². The zero-order valence-corrected chi connectivity index (χ0v) is 41.2. The standard InChI is InChI=1S/C74H49N/c1-5-25-50(26-6-1)55-33-13-14-37-61(55)71-56(51-27-7-2-8-28-51)39-23-45-69(71)75(54-47-48-60-59-36-15-19-40-63(59)73(68(60)49-54,52-29-9-3-10-30-52)53-31-11-4-12-32-53)70-46-24-44-67-72(70)62-38-18-22-43-66(62)74(67)64-41-20-16-34-57(64)58-35-17-21-42-65(58)74/h1-49H. The highest BCUT2D eigenvalue weighted by atomic mass is 15.1. The maximum atomic E-state index is 2.62. The van der Waals surface area contributed by atoms with E-state index in [1.165, 1.54) is 106 Å². The Hall–Kier alpha value is -9.56. The van der Waals surface area contributed by atoms with Gasteiger partial charge in [0.05, 0.1) is 22.2 Å². The van der Waals surface area contributed by atoms with Crippen LogP contribution in [0.1, 0.15) is 44.5 Å². The molecule has 12 aromatic rings. The molecule has 0 bridgehead atoms. The van der Waals surface area contributed by atoms with Gasteiger partial charge >= 0.3 is 0 Å². The molecule has 3 aliphatic rings. The molecule has 0 N–H and O–H groups in total. The summed E-state index contributed by atoms with van der Waals surface area (Å²) in [6.45, 7) is 0.